The molecule has 1 atom stereocenters. The van der Waals surface area contributed by atoms with Gasteiger partial charge in [-0.2, -0.15) is 0 Å². The highest BCUT2D eigenvalue weighted by Crippen LogP contribution is 2.24. The number of carboxylic acid groups (broad SMARTS) is 1. The van der Waals surface area contributed by atoms with Crippen molar-refractivity contribution < 1.29 is 9.90 Å². The number of carbonyl (C=O) groups is 1. The molecule has 0 radical (unpaired) electrons. The van der Waals surface area contributed by atoms with E-state index in [-0.39, 0.29) is 0 Å². The number of hydrogen-bond acceptors (Lipinski definition) is 1. The molecule has 3 rings (SSSR count). The maximum Gasteiger partial charge on any atom is 0.336 e. The molecule has 3 heteroatoms. The molecule has 0 amide bonds. The average Bonchev–Trinajstić information content (AvgIpc) is 2.56. The number of carboxylic acids is 1. The zero-order chi connectivity index (χ0) is 15.4. The van der Waals surface area contributed by atoms with Crippen LogP contribution in [0.5, 0.6) is 0 Å². The van der Waals surface area contributed by atoms with E-state index in [0.717, 1.165) is 11.1 Å². The third kappa shape index (κ3) is 3.24. The van der Waals surface area contributed by atoms with Gasteiger partial charge in [-0.05, 0) is 27.8 Å². The summed E-state index contributed by atoms with van der Waals surface area (Å²) < 4.78 is 0. The summed E-state index contributed by atoms with van der Waals surface area (Å²) in [5.74, 6) is -0.897. The molecular weight excluding hydrogens is 291 g/mol. The van der Waals surface area contributed by atoms with Gasteiger partial charge in [-0.25, -0.2) is 4.79 Å². The second kappa shape index (κ2) is 6.55. The monoisotopic (exact) mass is 306 g/mol. The molecule has 0 aliphatic rings. The minimum absolute atomic E-state index is 0.334. The van der Waals surface area contributed by atoms with Crippen LogP contribution >= 0.6 is 8.58 Å². The molecule has 0 aliphatic heterocycles. The first-order valence-electron chi connectivity index (χ1n) is 6.99. The Morgan fingerprint density at radius 2 is 1.32 bits per heavy atom. The summed E-state index contributed by atoms with van der Waals surface area (Å²) in [6.45, 7) is 0. The Morgan fingerprint density at radius 1 is 0.727 bits per heavy atom. The Labute approximate surface area is 131 Å². The minimum Gasteiger partial charge on any atom is -0.478 e. The third-order valence-corrected chi connectivity index (χ3v) is 4.66. The van der Waals surface area contributed by atoms with Gasteiger partial charge in [0, 0.05) is 0 Å². The lowest BCUT2D eigenvalue weighted by molar-refractivity contribution is 0.0697. The molecule has 0 spiro atoms. The Balaban J connectivity index is 1.87. The van der Waals surface area contributed by atoms with Crippen LogP contribution in [0.25, 0.3) is 11.1 Å². The van der Waals surface area contributed by atoms with E-state index in [2.05, 4.69) is 24.3 Å². The van der Waals surface area contributed by atoms with Crippen LogP contribution in [0, 0.1) is 0 Å². The summed E-state index contributed by atoms with van der Waals surface area (Å²) in [6, 6.07) is 25.5. The molecule has 1 N–H and O–H groups in total. The smallest absolute Gasteiger partial charge is 0.336 e. The molecule has 1 unspecified atom stereocenters. The molecule has 0 saturated carbocycles. The zero-order valence-corrected chi connectivity index (χ0v) is 12.9. The standard InChI is InChI=1S/C19H15O2P/c20-19(21)18-9-5-4-8-17(18)14-10-12-16(13-11-14)22-15-6-2-1-3-7-15/h1-13,22H,(H,20,21). The zero-order valence-electron chi connectivity index (χ0n) is 11.9. The fourth-order valence-electron chi connectivity index (χ4n) is 2.34. The summed E-state index contributed by atoms with van der Waals surface area (Å²) in [6.07, 6.45) is 0. The van der Waals surface area contributed by atoms with E-state index >= 15 is 0 Å². The van der Waals surface area contributed by atoms with Gasteiger partial charge in [-0.3, -0.25) is 0 Å². The van der Waals surface area contributed by atoms with Crippen molar-refractivity contribution in [2.45, 2.75) is 0 Å². The molecule has 0 fully saturated rings. The van der Waals surface area contributed by atoms with E-state index in [1.165, 1.54) is 10.6 Å². The van der Waals surface area contributed by atoms with Crippen molar-refractivity contribution in [2.24, 2.45) is 0 Å². The van der Waals surface area contributed by atoms with Gasteiger partial charge in [-0.15, -0.1) is 0 Å². The van der Waals surface area contributed by atoms with Crippen molar-refractivity contribution in [3.05, 3.63) is 84.4 Å². The van der Waals surface area contributed by atoms with Crippen LogP contribution in [0.15, 0.2) is 78.9 Å². The number of rotatable bonds is 4. The van der Waals surface area contributed by atoms with Crippen LogP contribution in [0.3, 0.4) is 0 Å². The molecule has 2 nitrogen and oxygen atoms in total. The van der Waals surface area contributed by atoms with E-state index in [0.29, 0.717) is 14.1 Å². The highest BCUT2D eigenvalue weighted by atomic mass is 31.1. The van der Waals surface area contributed by atoms with Crippen molar-refractivity contribution in [3.63, 3.8) is 0 Å². The predicted molar refractivity (Wildman–Crippen MR) is 92.9 cm³/mol. The maximum absolute atomic E-state index is 11.3. The molecule has 3 aromatic carbocycles. The Morgan fingerprint density at radius 3 is 2.00 bits per heavy atom. The van der Waals surface area contributed by atoms with Crippen LogP contribution in [0.2, 0.25) is 0 Å². The van der Waals surface area contributed by atoms with Gasteiger partial charge in [0.25, 0.3) is 0 Å². The number of benzene rings is 3. The first-order chi connectivity index (χ1) is 10.7. The lowest BCUT2D eigenvalue weighted by Crippen LogP contribution is -2.03. The molecule has 0 aliphatic carbocycles. The molecule has 0 heterocycles. The van der Waals surface area contributed by atoms with Crippen LogP contribution in [0.4, 0.5) is 0 Å². The molecule has 22 heavy (non-hydrogen) atoms. The Kier molecular flexibility index (Phi) is 4.32. The molecule has 0 saturated heterocycles. The van der Waals surface area contributed by atoms with Crippen molar-refractivity contribution in [3.8, 4) is 11.1 Å². The van der Waals surface area contributed by atoms with Gasteiger partial charge in [0.15, 0.2) is 0 Å². The average molecular weight is 306 g/mol. The number of hydrogen-bond donors (Lipinski definition) is 1. The van der Waals surface area contributed by atoms with Crippen molar-refractivity contribution in [1.29, 1.82) is 0 Å². The predicted octanol–water partition coefficient (Wildman–Crippen LogP) is 3.68. The van der Waals surface area contributed by atoms with Gasteiger partial charge in [-0.1, -0.05) is 81.4 Å². The second-order valence-corrected chi connectivity index (χ2v) is 6.32. The minimum atomic E-state index is -0.897. The summed E-state index contributed by atoms with van der Waals surface area (Å²) in [7, 11) is 0.607. The normalized spacial score (nSPS) is 10.9. The van der Waals surface area contributed by atoms with Gasteiger partial charge in [0.2, 0.25) is 0 Å². The fourth-order valence-corrected chi connectivity index (χ4v) is 3.37. The van der Waals surface area contributed by atoms with E-state index in [1.54, 1.807) is 12.1 Å². The van der Waals surface area contributed by atoms with Gasteiger partial charge in [0.1, 0.15) is 0 Å². The van der Waals surface area contributed by atoms with Gasteiger partial charge >= 0.3 is 5.97 Å². The van der Waals surface area contributed by atoms with Crippen molar-refractivity contribution in [2.75, 3.05) is 0 Å². The number of aromatic carboxylic acids is 1. The maximum atomic E-state index is 11.3. The van der Waals surface area contributed by atoms with E-state index in [4.69, 9.17) is 0 Å². The first-order valence-corrected chi connectivity index (χ1v) is 7.99. The second-order valence-electron chi connectivity index (χ2n) is 4.92. The van der Waals surface area contributed by atoms with Gasteiger partial charge < -0.3 is 5.11 Å². The lowest BCUT2D eigenvalue weighted by Gasteiger charge is -2.08. The fraction of sp³-hybridized carbons (Fsp3) is 0. The third-order valence-electron chi connectivity index (χ3n) is 3.42. The van der Waals surface area contributed by atoms with Crippen LogP contribution < -0.4 is 10.6 Å². The SMILES string of the molecule is O=C(O)c1ccccc1-c1ccc(Pc2ccccc2)cc1. The highest BCUT2D eigenvalue weighted by molar-refractivity contribution is 7.55. The quantitative estimate of drug-likeness (QED) is 0.747. The van der Waals surface area contributed by atoms with Crippen LogP contribution in [-0.4, -0.2) is 11.1 Å². The Bertz CT molecular complexity index is 780. The summed E-state index contributed by atoms with van der Waals surface area (Å²) in [4.78, 5) is 11.3. The molecule has 108 valence electrons. The van der Waals surface area contributed by atoms with Crippen molar-refractivity contribution >= 4 is 25.2 Å². The Hall–Kier alpha value is -2.44. The van der Waals surface area contributed by atoms with E-state index < -0.39 is 5.97 Å². The topological polar surface area (TPSA) is 37.3 Å². The summed E-state index contributed by atoms with van der Waals surface area (Å²) in [5.41, 5.74) is 2.02. The largest absolute Gasteiger partial charge is 0.478 e. The van der Waals surface area contributed by atoms with Crippen LogP contribution in [0.1, 0.15) is 10.4 Å². The molecule has 0 bridgehead atoms. The molecule has 3 aromatic rings. The van der Waals surface area contributed by atoms with Crippen molar-refractivity contribution in [1.82, 2.24) is 0 Å². The first kappa shape index (κ1) is 14.5. The molecule has 0 aromatic heterocycles. The summed E-state index contributed by atoms with van der Waals surface area (Å²) in [5, 5.41) is 11.8. The highest BCUT2D eigenvalue weighted by Gasteiger charge is 2.10. The van der Waals surface area contributed by atoms with E-state index in [1.807, 2.05) is 42.5 Å². The molecular formula is C19H15O2P. The van der Waals surface area contributed by atoms with E-state index in [9.17, 15) is 9.90 Å². The summed E-state index contributed by atoms with van der Waals surface area (Å²) >= 11 is 0. The van der Waals surface area contributed by atoms with Crippen LogP contribution in [-0.2, 0) is 0 Å². The van der Waals surface area contributed by atoms with Gasteiger partial charge in [0.05, 0.1) is 5.56 Å². The lowest BCUT2D eigenvalue weighted by atomic mass is 10.00.